The summed E-state index contributed by atoms with van der Waals surface area (Å²) in [6.07, 6.45) is -3.08. The average Bonchev–Trinajstić information content (AvgIpc) is 2.36. The van der Waals surface area contributed by atoms with Gasteiger partial charge in [0.25, 0.3) is 0 Å². The summed E-state index contributed by atoms with van der Waals surface area (Å²) in [5.41, 5.74) is 0.961. The van der Waals surface area contributed by atoms with E-state index in [1.807, 2.05) is 0 Å². The zero-order chi connectivity index (χ0) is 15.0. The van der Waals surface area contributed by atoms with Gasteiger partial charge in [0.05, 0.1) is 0 Å². The van der Waals surface area contributed by atoms with Gasteiger partial charge in [0.15, 0.2) is 0 Å². The zero-order valence-corrected chi connectivity index (χ0v) is 11.3. The van der Waals surface area contributed by atoms with Gasteiger partial charge in [0, 0.05) is 6.61 Å². The molecule has 0 spiro atoms. The van der Waals surface area contributed by atoms with Gasteiger partial charge in [-0.15, -0.1) is 0 Å². The predicted molar refractivity (Wildman–Crippen MR) is 69.0 cm³/mol. The number of hydrogen-bond acceptors (Lipinski definition) is 2. The van der Waals surface area contributed by atoms with E-state index in [9.17, 15) is 17.6 Å². The number of hydrogen-bond donors (Lipinski definition) is 1. The van der Waals surface area contributed by atoms with Gasteiger partial charge < -0.3 is 10.1 Å². The Kier molecular flexibility index (Phi) is 6.95. The Morgan fingerprint density at radius 3 is 2.40 bits per heavy atom. The lowest BCUT2D eigenvalue weighted by Gasteiger charge is -2.17. The van der Waals surface area contributed by atoms with Crippen molar-refractivity contribution in [1.29, 1.82) is 0 Å². The van der Waals surface area contributed by atoms with E-state index < -0.39 is 12.8 Å². The SMILES string of the molecule is CNCC(CCOCC(F)(F)F)Cc1ccc(F)cc1. The Hall–Kier alpha value is -1.14. The molecule has 0 radical (unpaired) electrons. The summed E-state index contributed by atoms with van der Waals surface area (Å²) < 4.78 is 53.2. The van der Waals surface area contributed by atoms with Crippen LogP contribution >= 0.6 is 0 Å². The number of ether oxygens (including phenoxy) is 1. The maximum atomic E-state index is 12.8. The first-order valence-electron chi connectivity index (χ1n) is 6.44. The van der Waals surface area contributed by atoms with Crippen LogP contribution in [0.3, 0.4) is 0 Å². The van der Waals surface area contributed by atoms with Crippen LogP contribution in [0, 0.1) is 11.7 Å². The van der Waals surface area contributed by atoms with Gasteiger partial charge >= 0.3 is 6.18 Å². The van der Waals surface area contributed by atoms with E-state index in [-0.39, 0.29) is 18.3 Å². The molecule has 0 saturated carbocycles. The van der Waals surface area contributed by atoms with Crippen molar-refractivity contribution in [2.45, 2.75) is 19.0 Å². The molecule has 0 heterocycles. The normalized spacial score (nSPS) is 13.4. The summed E-state index contributed by atoms with van der Waals surface area (Å²) in [7, 11) is 1.79. The first-order valence-corrected chi connectivity index (χ1v) is 6.44. The summed E-state index contributed by atoms with van der Waals surface area (Å²) in [5.74, 6) is -0.147. The Morgan fingerprint density at radius 2 is 1.85 bits per heavy atom. The third-order valence-electron chi connectivity index (χ3n) is 2.87. The van der Waals surface area contributed by atoms with Crippen LogP contribution in [-0.4, -0.2) is 33.0 Å². The molecule has 1 aromatic rings. The summed E-state index contributed by atoms with van der Waals surface area (Å²) in [6.45, 7) is -0.477. The fourth-order valence-corrected chi connectivity index (χ4v) is 1.96. The zero-order valence-electron chi connectivity index (χ0n) is 11.3. The molecule has 20 heavy (non-hydrogen) atoms. The molecule has 1 aromatic carbocycles. The minimum absolute atomic E-state index is 0.0626. The number of nitrogens with one attached hydrogen (secondary N) is 1. The summed E-state index contributed by atoms with van der Waals surface area (Å²) in [5, 5.41) is 3.00. The van der Waals surface area contributed by atoms with Gasteiger partial charge in [0.1, 0.15) is 12.4 Å². The second kappa shape index (κ2) is 8.21. The molecule has 6 heteroatoms. The highest BCUT2D eigenvalue weighted by atomic mass is 19.4. The molecule has 1 rings (SSSR count). The maximum Gasteiger partial charge on any atom is 0.411 e. The standard InChI is InChI=1S/C14H19F4NO/c1-19-9-12(6-7-20-10-14(16,17)18)8-11-2-4-13(15)5-3-11/h2-5,12,19H,6-10H2,1H3. The van der Waals surface area contributed by atoms with Crippen molar-refractivity contribution in [3.63, 3.8) is 0 Å². The van der Waals surface area contributed by atoms with Crippen molar-refractivity contribution in [3.8, 4) is 0 Å². The molecular formula is C14H19F4NO. The van der Waals surface area contributed by atoms with E-state index in [2.05, 4.69) is 10.1 Å². The van der Waals surface area contributed by atoms with E-state index in [1.54, 1.807) is 19.2 Å². The van der Waals surface area contributed by atoms with Crippen LogP contribution in [0.5, 0.6) is 0 Å². The highest BCUT2D eigenvalue weighted by Gasteiger charge is 2.27. The van der Waals surface area contributed by atoms with Gasteiger partial charge in [-0.1, -0.05) is 12.1 Å². The maximum absolute atomic E-state index is 12.8. The van der Waals surface area contributed by atoms with Crippen molar-refractivity contribution in [3.05, 3.63) is 35.6 Å². The van der Waals surface area contributed by atoms with E-state index in [0.29, 0.717) is 19.4 Å². The fraction of sp³-hybridized carbons (Fsp3) is 0.571. The van der Waals surface area contributed by atoms with Gasteiger partial charge in [-0.2, -0.15) is 13.2 Å². The number of halogens is 4. The molecule has 0 bridgehead atoms. The molecule has 0 amide bonds. The smallest absolute Gasteiger partial charge is 0.372 e. The summed E-state index contributed by atoms with van der Waals surface area (Å²) >= 11 is 0. The molecule has 1 unspecified atom stereocenters. The molecule has 0 aliphatic heterocycles. The molecule has 0 aromatic heterocycles. The number of benzene rings is 1. The lowest BCUT2D eigenvalue weighted by Crippen LogP contribution is -2.24. The highest BCUT2D eigenvalue weighted by Crippen LogP contribution is 2.16. The van der Waals surface area contributed by atoms with E-state index in [1.165, 1.54) is 12.1 Å². The van der Waals surface area contributed by atoms with Crippen molar-refractivity contribution in [2.75, 3.05) is 26.8 Å². The van der Waals surface area contributed by atoms with Crippen molar-refractivity contribution in [2.24, 2.45) is 5.92 Å². The Morgan fingerprint density at radius 1 is 1.20 bits per heavy atom. The monoisotopic (exact) mass is 293 g/mol. The first kappa shape index (κ1) is 16.9. The molecular weight excluding hydrogens is 274 g/mol. The quantitative estimate of drug-likeness (QED) is 0.587. The molecule has 1 atom stereocenters. The lowest BCUT2D eigenvalue weighted by molar-refractivity contribution is -0.174. The van der Waals surface area contributed by atoms with Crippen LogP contribution in [0.4, 0.5) is 17.6 Å². The topological polar surface area (TPSA) is 21.3 Å². The average molecular weight is 293 g/mol. The molecule has 0 aliphatic carbocycles. The number of rotatable bonds is 8. The van der Waals surface area contributed by atoms with Crippen LogP contribution in [0.15, 0.2) is 24.3 Å². The van der Waals surface area contributed by atoms with Crippen LogP contribution in [-0.2, 0) is 11.2 Å². The predicted octanol–water partition coefficient (Wildman–Crippen LogP) is 3.17. The van der Waals surface area contributed by atoms with Crippen LogP contribution in [0.2, 0.25) is 0 Å². The second-order valence-electron chi connectivity index (χ2n) is 4.71. The van der Waals surface area contributed by atoms with Gasteiger partial charge in [-0.25, -0.2) is 4.39 Å². The van der Waals surface area contributed by atoms with Gasteiger partial charge in [-0.05, 0) is 50.0 Å². The Labute approximate surface area is 116 Å². The van der Waals surface area contributed by atoms with Crippen LogP contribution in [0.1, 0.15) is 12.0 Å². The van der Waals surface area contributed by atoms with E-state index in [4.69, 9.17) is 0 Å². The van der Waals surface area contributed by atoms with Crippen molar-refractivity contribution in [1.82, 2.24) is 5.32 Å². The molecule has 0 saturated heterocycles. The second-order valence-corrected chi connectivity index (χ2v) is 4.71. The minimum Gasteiger partial charge on any atom is -0.372 e. The molecule has 0 fully saturated rings. The summed E-state index contributed by atoms with van der Waals surface area (Å²) in [4.78, 5) is 0. The largest absolute Gasteiger partial charge is 0.411 e. The third-order valence-corrected chi connectivity index (χ3v) is 2.87. The van der Waals surface area contributed by atoms with Crippen LogP contribution < -0.4 is 5.32 Å². The Bertz CT molecular complexity index is 378. The molecule has 114 valence electrons. The van der Waals surface area contributed by atoms with E-state index in [0.717, 1.165) is 5.56 Å². The molecule has 2 nitrogen and oxygen atoms in total. The van der Waals surface area contributed by atoms with Gasteiger partial charge in [-0.3, -0.25) is 0 Å². The first-order chi connectivity index (χ1) is 9.40. The molecule has 1 N–H and O–H groups in total. The fourth-order valence-electron chi connectivity index (χ4n) is 1.96. The number of alkyl halides is 3. The Balaban J connectivity index is 2.38. The molecule has 0 aliphatic rings. The van der Waals surface area contributed by atoms with Crippen molar-refractivity contribution < 1.29 is 22.3 Å². The third kappa shape index (κ3) is 7.45. The lowest BCUT2D eigenvalue weighted by atomic mass is 9.96. The minimum atomic E-state index is -4.28. The van der Waals surface area contributed by atoms with Gasteiger partial charge in [0.2, 0.25) is 0 Å². The van der Waals surface area contributed by atoms with Crippen molar-refractivity contribution >= 4 is 0 Å². The summed E-state index contributed by atoms with van der Waals surface area (Å²) in [6, 6.07) is 6.14. The van der Waals surface area contributed by atoms with E-state index >= 15 is 0 Å². The highest BCUT2D eigenvalue weighted by molar-refractivity contribution is 5.16. The van der Waals surface area contributed by atoms with Crippen LogP contribution in [0.25, 0.3) is 0 Å².